The van der Waals surface area contributed by atoms with Gasteiger partial charge in [-0.1, -0.05) is 30.7 Å². The zero-order valence-electron chi connectivity index (χ0n) is 14.7. The zero-order chi connectivity index (χ0) is 18.1. The number of rotatable bonds is 4. The van der Waals surface area contributed by atoms with Crippen LogP contribution in [0.25, 0.3) is 10.2 Å². The van der Waals surface area contributed by atoms with Gasteiger partial charge in [0.1, 0.15) is 10.7 Å². The van der Waals surface area contributed by atoms with Gasteiger partial charge >= 0.3 is 0 Å². The highest BCUT2D eigenvalue weighted by Crippen LogP contribution is 2.31. The van der Waals surface area contributed by atoms with Gasteiger partial charge in [-0.25, -0.2) is 9.97 Å². The van der Waals surface area contributed by atoms with Crippen molar-refractivity contribution in [2.24, 2.45) is 0 Å². The first kappa shape index (κ1) is 17.8. The fourth-order valence-electron chi connectivity index (χ4n) is 2.89. The molecule has 0 aliphatic heterocycles. The van der Waals surface area contributed by atoms with Crippen molar-refractivity contribution in [3.8, 4) is 0 Å². The molecule has 0 saturated heterocycles. The van der Waals surface area contributed by atoms with Crippen LogP contribution in [0, 0.1) is 13.8 Å². The fourth-order valence-corrected chi connectivity index (χ4v) is 4.24. The highest BCUT2D eigenvalue weighted by molar-refractivity contribution is 7.20. The van der Waals surface area contributed by atoms with E-state index < -0.39 is 0 Å². The van der Waals surface area contributed by atoms with Crippen LogP contribution >= 0.6 is 22.9 Å². The lowest BCUT2D eigenvalue weighted by Crippen LogP contribution is -2.26. The van der Waals surface area contributed by atoms with Crippen LogP contribution in [0.2, 0.25) is 5.02 Å². The second kappa shape index (κ2) is 7.10. The standard InChI is InChI=1S/C19H20ClN3OS/c1-5-15-21-12(4)16-10(2)17(25-19(16)23-15)18(24)22-11(3)13-7-6-8-14(20)9-13/h6-9,11H,5H2,1-4H3,(H,22,24). The van der Waals surface area contributed by atoms with E-state index in [4.69, 9.17) is 11.6 Å². The summed E-state index contributed by atoms with van der Waals surface area (Å²) in [5.41, 5.74) is 2.84. The van der Waals surface area contributed by atoms with E-state index in [0.717, 1.165) is 39.3 Å². The molecule has 0 fully saturated rings. The predicted molar refractivity (Wildman–Crippen MR) is 104 cm³/mol. The molecule has 0 saturated carbocycles. The van der Waals surface area contributed by atoms with E-state index in [1.54, 1.807) is 0 Å². The van der Waals surface area contributed by atoms with E-state index in [0.29, 0.717) is 9.90 Å². The molecule has 3 rings (SSSR count). The first-order chi connectivity index (χ1) is 11.9. The molecule has 1 amide bonds. The molecule has 25 heavy (non-hydrogen) atoms. The molecule has 1 atom stereocenters. The van der Waals surface area contributed by atoms with E-state index in [-0.39, 0.29) is 11.9 Å². The number of hydrogen-bond acceptors (Lipinski definition) is 4. The minimum absolute atomic E-state index is 0.0922. The van der Waals surface area contributed by atoms with Crippen LogP contribution in [-0.4, -0.2) is 15.9 Å². The highest BCUT2D eigenvalue weighted by atomic mass is 35.5. The minimum Gasteiger partial charge on any atom is -0.345 e. The Kier molecular flexibility index (Phi) is 5.06. The van der Waals surface area contributed by atoms with Gasteiger partial charge in [-0.15, -0.1) is 11.3 Å². The number of nitrogens with one attached hydrogen (secondary N) is 1. The maximum Gasteiger partial charge on any atom is 0.262 e. The van der Waals surface area contributed by atoms with Crippen molar-refractivity contribution >= 4 is 39.1 Å². The molecule has 6 heteroatoms. The van der Waals surface area contributed by atoms with Gasteiger partial charge in [-0.3, -0.25) is 4.79 Å². The van der Waals surface area contributed by atoms with Crippen molar-refractivity contribution < 1.29 is 4.79 Å². The Bertz CT molecular complexity index is 951. The van der Waals surface area contributed by atoms with Gasteiger partial charge in [-0.05, 0) is 44.0 Å². The Hall–Kier alpha value is -1.98. The highest BCUT2D eigenvalue weighted by Gasteiger charge is 2.20. The number of benzene rings is 1. The van der Waals surface area contributed by atoms with Crippen LogP contribution in [0.1, 0.15) is 52.2 Å². The maximum absolute atomic E-state index is 12.8. The first-order valence-electron chi connectivity index (χ1n) is 8.23. The molecular weight excluding hydrogens is 354 g/mol. The lowest BCUT2D eigenvalue weighted by molar-refractivity contribution is 0.0943. The van der Waals surface area contributed by atoms with Crippen LogP contribution in [0.3, 0.4) is 0 Å². The van der Waals surface area contributed by atoms with Crippen LogP contribution in [0.4, 0.5) is 0 Å². The number of carbonyl (C=O) groups excluding carboxylic acids is 1. The van der Waals surface area contributed by atoms with Crippen LogP contribution in [-0.2, 0) is 6.42 Å². The molecule has 0 radical (unpaired) electrons. The van der Waals surface area contributed by atoms with Crippen LogP contribution in [0.5, 0.6) is 0 Å². The average molecular weight is 374 g/mol. The summed E-state index contributed by atoms with van der Waals surface area (Å²) in [5.74, 6) is 0.718. The van der Waals surface area contributed by atoms with Gasteiger partial charge in [-0.2, -0.15) is 0 Å². The number of halogens is 1. The summed E-state index contributed by atoms with van der Waals surface area (Å²) in [4.78, 5) is 23.5. The van der Waals surface area contributed by atoms with E-state index in [9.17, 15) is 4.79 Å². The lowest BCUT2D eigenvalue weighted by Gasteiger charge is -2.14. The second-order valence-electron chi connectivity index (χ2n) is 6.07. The molecule has 2 heterocycles. The molecule has 0 aliphatic rings. The molecule has 1 aromatic carbocycles. The third-order valence-electron chi connectivity index (χ3n) is 4.24. The molecule has 1 unspecified atom stereocenters. The number of carbonyl (C=O) groups is 1. The monoisotopic (exact) mass is 373 g/mol. The van der Waals surface area contributed by atoms with E-state index in [2.05, 4.69) is 15.3 Å². The van der Waals surface area contributed by atoms with Crippen LogP contribution in [0.15, 0.2) is 24.3 Å². The Morgan fingerprint density at radius 3 is 2.76 bits per heavy atom. The molecule has 130 valence electrons. The van der Waals surface area contributed by atoms with Crippen molar-refractivity contribution in [3.05, 3.63) is 56.8 Å². The van der Waals surface area contributed by atoms with Crippen molar-refractivity contribution in [1.29, 1.82) is 0 Å². The van der Waals surface area contributed by atoms with Gasteiger partial charge in [0.2, 0.25) is 0 Å². The molecule has 0 spiro atoms. The Labute approximate surface area is 156 Å². The van der Waals surface area contributed by atoms with E-state index in [1.165, 1.54) is 11.3 Å². The Morgan fingerprint density at radius 2 is 2.08 bits per heavy atom. The Balaban J connectivity index is 1.92. The topological polar surface area (TPSA) is 54.9 Å². The number of nitrogens with zero attached hydrogens (tertiary/aromatic N) is 2. The predicted octanol–water partition coefficient (Wildman–Crippen LogP) is 5.01. The SMILES string of the molecule is CCc1nc(C)c2c(C)c(C(=O)NC(C)c3cccc(Cl)c3)sc2n1. The summed E-state index contributed by atoms with van der Waals surface area (Å²) in [6.07, 6.45) is 0.779. The second-order valence-corrected chi connectivity index (χ2v) is 7.50. The van der Waals surface area contributed by atoms with Crippen molar-refractivity contribution in [1.82, 2.24) is 15.3 Å². The number of aryl methyl sites for hydroxylation is 3. The van der Waals surface area contributed by atoms with Crippen molar-refractivity contribution in [2.45, 2.75) is 40.2 Å². The summed E-state index contributed by atoms with van der Waals surface area (Å²) in [7, 11) is 0. The molecule has 3 aromatic rings. The van der Waals surface area contributed by atoms with E-state index in [1.807, 2.05) is 52.0 Å². The number of fused-ring (bicyclic) bond motifs is 1. The normalized spacial score (nSPS) is 12.4. The third-order valence-corrected chi connectivity index (χ3v) is 5.66. The summed E-state index contributed by atoms with van der Waals surface area (Å²) < 4.78 is 0. The first-order valence-corrected chi connectivity index (χ1v) is 9.43. The molecule has 2 aromatic heterocycles. The smallest absolute Gasteiger partial charge is 0.262 e. The zero-order valence-corrected chi connectivity index (χ0v) is 16.3. The summed E-state index contributed by atoms with van der Waals surface area (Å²) >= 11 is 7.47. The van der Waals surface area contributed by atoms with Gasteiger partial charge in [0, 0.05) is 22.5 Å². The van der Waals surface area contributed by atoms with Crippen molar-refractivity contribution in [3.63, 3.8) is 0 Å². The lowest BCUT2D eigenvalue weighted by atomic mass is 10.1. The number of thiophene rings is 1. The third kappa shape index (κ3) is 3.53. The fraction of sp³-hybridized carbons (Fsp3) is 0.316. The number of amides is 1. The number of hydrogen-bond donors (Lipinski definition) is 1. The van der Waals surface area contributed by atoms with E-state index >= 15 is 0 Å². The molecule has 1 N–H and O–H groups in total. The number of aromatic nitrogens is 2. The van der Waals surface area contributed by atoms with Gasteiger partial charge < -0.3 is 5.32 Å². The minimum atomic E-state index is -0.130. The van der Waals surface area contributed by atoms with Crippen LogP contribution < -0.4 is 5.32 Å². The molecule has 0 bridgehead atoms. The summed E-state index contributed by atoms with van der Waals surface area (Å²) in [5, 5.41) is 4.70. The van der Waals surface area contributed by atoms with Crippen molar-refractivity contribution in [2.75, 3.05) is 0 Å². The van der Waals surface area contributed by atoms with Gasteiger partial charge in [0.05, 0.1) is 10.9 Å². The maximum atomic E-state index is 12.8. The molecule has 0 aliphatic carbocycles. The largest absolute Gasteiger partial charge is 0.345 e. The van der Waals surface area contributed by atoms with Gasteiger partial charge in [0.15, 0.2) is 0 Å². The molecule has 4 nitrogen and oxygen atoms in total. The molecular formula is C19H20ClN3OS. The summed E-state index contributed by atoms with van der Waals surface area (Å²) in [6.45, 7) is 7.91. The average Bonchev–Trinajstić information content (AvgIpc) is 2.92. The van der Waals surface area contributed by atoms with Gasteiger partial charge in [0.25, 0.3) is 5.91 Å². The Morgan fingerprint density at radius 1 is 1.32 bits per heavy atom. The quantitative estimate of drug-likeness (QED) is 0.698. The summed E-state index contributed by atoms with van der Waals surface area (Å²) in [6, 6.07) is 7.40.